The second kappa shape index (κ2) is 5.75. The van der Waals surface area contributed by atoms with E-state index in [9.17, 15) is 4.79 Å². The first-order valence-corrected chi connectivity index (χ1v) is 9.91. The third-order valence-corrected chi connectivity index (χ3v) is 7.37. The van der Waals surface area contributed by atoms with E-state index in [-0.39, 0.29) is 5.92 Å². The van der Waals surface area contributed by atoms with E-state index in [1.165, 1.54) is 11.1 Å². The van der Waals surface area contributed by atoms with Crippen molar-refractivity contribution in [1.82, 2.24) is 4.90 Å². The molecule has 2 aromatic rings. The van der Waals surface area contributed by atoms with Gasteiger partial charge < -0.3 is 0 Å². The highest BCUT2D eigenvalue weighted by molar-refractivity contribution is 7.99. The monoisotopic (exact) mass is 335 g/mol. The van der Waals surface area contributed by atoms with E-state index in [0.717, 1.165) is 18.6 Å². The summed E-state index contributed by atoms with van der Waals surface area (Å²) in [5.74, 6) is 2.18. The summed E-state index contributed by atoms with van der Waals surface area (Å²) in [4.78, 5) is 15.4. The zero-order valence-corrected chi connectivity index (χ0v) is 14.4. The van der Waals surface area contributed by atoms with Crippen LogP contribution in [0.5, 0.6) is 0 Å². The van der Waals surface area contributed by atoms with Crippen LogP contribution in [0.4, 0.5) is 0 Å². The highest BCUT2D eigenvalue weighted by Crippen LogP contribution is 2.58. The van der Waals surface area contributed by atoms with Crippen LogP contribution in [0, 0.1) is 5.92 Å². The highest BCUT2D eigenvalue weighted by atomic mass is 32.2. The van der Waals surface area contributed by atoms with Gasteiger partial charge in [0.25, 0.3) is 0 Å². The Kier molecular flexibility index (Phi) is 3.53. The molecule has 3 fully saturated rings. The molecule has 0 aromatic heterocycles. The number of carbonyl (C=O) groups excluding carboxylic acids is 1. The van der Waals surface area contributed by atoms with E-state index in [1.807, 2.05) is 0 Å². The van der Waals surface area contributed by atoms with Gasteiger partial charge in [0.1, 0.15) is 5.78 Å². The van der Waals surface area contributed by atoms with Gasteiger partial charge in [-0.2, -0.15) is 0 Å². The number of Topliss-reactive ketones (excluding diaryl/α,β-unsaturated/α-hetero) is 1. The Labute approximate surface area is 147 Å². The van der Waals surface area contributed by atoms with Gasteiger partial charge in [-0.05, 0) is 17.5 Å². The van der Waals surface area contributed by atoms with Crippen LogP contribution in [-0.2, 0) is 4.79 Å². The number of carbonyl (C=O) groups is 1. The summed E-state index contributed by atoms with van der Waals surface area (Å²) in [7, 11) is 0. The molecule has 5 atom stereocenters. The van der Waals surface area contributed by atoms with Crippen LogP contribution in [0.25, 0.3) is 0 Å². The molecule has 122 valence electrons. The number of benzene rings is 2. The number of hydrogen-bond acceptors (Lipinski definition) is 3. The molecule has 1 saturated carbocycles. The molecule has 0 unspecified atom stereocenters. The molecule has 2 aromatic carbocycles. The SMILES string of the molecule is O=C1CC[C@@H]2[C@H]1[C@@H](c1ccccc1)[C@H]1CS[C@H](c3ccccc3)N21. The summed E-state index contributed by atoms with van der Waals surface area (Å²) in [5.41, 5.74) is 2.74. The van der Waals surface area contributed by atoms with Gasteiger partial charge in [-0.15, -0.1) is 11.8 Å². The van der Waals surface area contributed by atoms with Gasteiger partial charge in [-0.25, -0.2) is 0 Å². The molecule has 24 heavy (non-hydrogen) atoms. The van der Waals surface area contributed by atoms with Gasteiger partial charge in [0, 0.05) is 36.1 Å². The molecule has 0 bridgehead atoms. The molecular weight excluding hydrogens is 314 g/mol. The van der Waals surface area contributed by atoms with Crippen LogP contribution in [0.2, 0.25) is 0 Å². The van der Waals surface area contributed by atoms with Crippen LogP contribution in [0.3, 0.4) is 0 Å². The van der Waals surface area contributed by atoms with Crippen LogP contribution in [-0.4, -0.2) is 28.5 Å². The van der Waals surface area contributed by atoms with Crippen molar-refractivity contribution in [3.63, 3.8) is 0 Å². The first kappa shape index (κ1) is 14.7. The van der Waals surface area contributed by atoms with Gasteiger partial charge in [0.2, 0.25) is 0 Å². The number of nitrogens with zero attached hydrogens (tertiary/aromatic N) is 1. The minimum absolute atomic E-state index is 0.199. The summed E-state index contributed by atoms with van der Waals surface area (Å²) in [6, 6.07) is 22.5. The van der Waals surface area contributed by atoms with Crippen LogP contribution in [0.15, 0.2) is 60.7 Å². The maximum Gasteiger partial charge on any atom is 0.138 e. The molecule has 3 heteroatoms. The summed E-state index contributed by atoms with van der Waals surface area (Å²) >= 11 is 2.05. The third-order valence-electron chi connectivity index (χ3n) is 6.00. The lowest BCUT2D eigenvalue weighted by Crippen LogP contribution is -2.34. The number of rotatable bonds is 2. The standard InChI is InChI=1S/C21H21NOS/c23-18-12-11-16-20(18)19(14-7-3-1-4-8-14)17-13-24-21(22(16)17)15-9-5-2-6-10-15/h1-10,16-17,19-21H,11-13H2/t16-,17-,19+,20-,21-/m1/s1. The van der Waals surface area contributed by atoms with Crippen LogP contribution < -0.4 is 0 Å². The number of ketones is 1. The second-order valence-electron chi connectivity index (χ2n) is 7.15. The van der Waals surface area contributed by atoms with Crippen molar-refractivity contribution in [1.29, 1.82) is 0 Å². The molecule has 1 aliphatic carbocycles. The van der Waals surface area contributed by atoms with Crippen molar-refractivity contribution < 1.29 is 4.79 Å². The van der Waals surface area contributed by atoms with Crippen LogP contribution >= 0.6 is 11.8 Å². The number of hydrogen-bond donors (Lipinski definition) is 0. The van der Waals surface area contributed by atoms with Crippen molar-refractivity contribution in [2.75, 3.05) is 5.75 Å². The average Bonchev–Trinajstić information content (AvgIpc) is 3.29. The molecular formula is C21H21NOS. The smallest absolute Gasteiger partial charge is 0.138 e. The molecule has 2 saturated heterocycles. The fourth-order valence-electron chi connectivity index (χ4n) is 5.10. The van der Waals surface area contributed by atoms with E-state index < -0.39 is 0 Å². The maximum atomic E-state index is 12.7. The minimum Gasteiger partial charge on any atom is -0.299 e. The Morgan fingerprint density at radius 3 is 2.21 bits per heavy atom. The zero-order valence-electron chi connectivity index (χ0n) is 13.5. The third kappa shape index (κ3) is 2.11. The summed E-state index contributed by atoms with van der Waals surface area (Å²) in [6.07, 6.45) is 1.79. The summed E-state index contributed by atoms with van der Waals surface area (Å²) in [6.45, 7) is 0. The Morgan fingerprint density at radius 2 is 1.50 bits per heavy atom. The molecule has 0 amide bonds. The fourth-order valence-corrected chi connectivity index (χ4v) is 6.69. The second-order valence-corrected chi connectivity index (χ2v) is 8.26. The largest absolute Gasteiger partial charge is 0.299 e. The molecule has 2 heterocycles. The first-order chi connectivity index (χ1) is 11.8. The zero-order chi connectivity index (χ0) is 16.1. The molecule has 2 nitrogen and oxygen atoms in total. The number of thioether (sulfide) groups is 1. The topological polar surface area (TPSA) is 20.3 Å². The Balaban J connectivity index is 1.56. The number of fused-ring (bicyclic) bond motifs is 3. The van der Waals surface area contributed by atoms with E-state index in [0.29, 0.717) is 29.2 Å². The normalized spacial score (nSPS) is 35.2. The van der Waals surface area contributed by atoms with Gasteiger partial charge in [-0.3, -0.25) is 9.69 Å². The minimum atomic E-state index is 0.199. The van der Waals surface area contributed by atoms with E-state index in [1.54, 1.807) is 0 Å². The lowest BCUT2D eigenvalue weighted by Gasteiger charge is -2.29. The summed E-state index contributed by atoms with van der Waals surface area (Å²) < 4.78 is 0. The summed E-state index contributed by atoms with van der Waals surface area (Å²) in [5, 5.41) is 0.406. The molecule has 0 radical (unpaired) electrons. The Morgan fingerprint density at radius 1 is 0.833 bits per heavy atom. The Hall–Kier alpha value is -1.58. The molecule has 0 N–H and O–H groups in total. The lowest BCUT2D eigenvalue weighted by atomic mass is 9.82. The van der Waals surface area contributed by atoms with Gasteiger partial charge in [-0.1, -0.05) is 60.7 Å². The molecule has 5 rings (SSSR count). The first-order valence-electron chi connectivity index (χ1n) is 8.86. The predicted octanol–water partition coefficient (Wildman–Crippen LogP) is 4.25. The highest BCUT2D eigenvalue weighted by Gasteiger charge is 2.59. The van der Waals surface area contributed by atoms with Gasteiger partial charge in [0.05, 0.1) is 5.37 Å². The van der Waals surface area contributed by atoms with Crippen molar-refractivity contribution >= 4 is 17.5 Å². The van der Waals surface area contributed by atoms with E-state index in [4.69, 9.17) is 0 Å². The predicted molar refractivity (Wildman–Crippen MR) is 98.0 cm³/mol. The fraction of sp³-hybridized carbons (Fsp3) is 0.381. The van der Waals surface area contributed by atoms with Crippen molar-refractivity contribution in [3.8, 4) is 0 Å². The van der Waals surface area contributed by atoms with Crippen LogP contribution in [0.1, 0.15) is 35.3 Å². The lowest BCUT2D eigenvalue weighted by molar-refractivity contribution is -0.121. The molecule has 3 aliphatic rings. The quantitative estimate of drug-likeness (QED) is 0.818. The maximum absolute atomic E-state index is 12.7. The Bertz CT molecular complexity index is 747. The van der Waals surface area contributed by atoms with Crippen molar-refractivity contribution in [3.05, 3.63) is 71.8 Å². The molecule has 2 aliphatic heterocycles. The molecule has 0 spiro atoms. The van der Waals surface area contributed by atoms with E-state index >= 15 is 0 Å². The van der Waals surface area contributed by atoms with Crippen molar-refractivity contribution in [2.45, 2.75) is 36.2 Å². The van der Waals surface area contributed by atoms with Gasteiger partial charge in [0.15, 0.2) is 0 Å². The van der Waals surface area contributed by atoms with Gasteiger partial charge >= 0.3 is 0 Å². The van der Waals surface area contributed by atoms with E-state index in [2.05, 4.69) is 77.3 Å². The average molecular weight is 335 g/mol. The van der Waals surface area contributed by atoms with Crippen molar-refractivity contribution in [2.24, 2.45) is 5.92 Å².